The molecule has 0 aliphatic carbocycles. The molecule has 0 bridgehead atoms. The Kier molecular flexibility index (Phi) is 6.02. The van der Waals surface area contributed by atoms with Gasteiger partial charge in [0.25, 0.3) is 5.91 Å². The van der Waals surface area contributed by atoms with Crippen molar-refractivity contribution in [2.75, 3.05) is 0 Å². The third-order valence-electron chi connectivity index (χ3n) is 2.45. The molecule has 1 rings (SSSR count). The van der Waals surface area contributed by atoms with Crippen LogP contribution < -0.4 is 11.1 Å². The molecule has 5 heteroatoms. The smallest absolute Gasteiger partial charge is 0.437 e. The van der Waals surface area contributed by atoms with E-state index in [-0.39, 0.29) is 12.5 Å². The highest BCUT2D eigenvalue weighted by Gasteiger charge is 2.20. The van der Waals surface area contributed by atoms with E-state index < -0.39 is 18.0 Å². The van der Waals surface area contributed by atoms with Crippen LogP contribution in [0, 0.1) is 5.92 Å². The minimum atomic E-state index is -0.895. The standard InChI is InChI=1S/C14H19N2O3/c1-10(2)8-12(15)13(17)16-14(18)19-9-11-6-4-3-5-7-11/h3-7,10,12H,8-9,15H2,1-2H3/t12-/m0/s1. The fraction of sp³-hybridized carbons (Fsp3) is 0.429. The SMILES string of the molecule is CC(C)C[C@H](N)C(=O)[N]C(=O)OCc1ccccc1. The lowest BCUT2D eigenvalue weighted by Gasteiger charge is -2.11. The first-order valence-corrected chi connectivity index (χ1v) is 6.21. The summed E-state index contributed by atoms with van der Waals surface area (Å²) in [5.41, 5.74) is 6.46. The van der Waals surface area contributed by atoms with Crippen molar-refractivity contribution in [2.24, 2.45) is 11.7 Å². The van der Waals surface area contributed by atoms with Gasteiger partial charge < -0.3 is 10.5 Å². The highest BCUT2D eigenvalue weighted by molar-refractivity contribution is 5.94. The molecule has 0 aromatic heterocycles. The molecule has 0 heterocycles. The van der Waals surface area contributed by atoms with Gasteiger partial charge in [-0.15, -0.1) is 5.32 Å². The van der Waals surface area contributed by atoms with Gasteiger partial charge in [0.1, 0.15) is 6.61 Å². The lowest BCUT2D eigenvalue weighted by atomic mass is 10.0. The van der Waals surface area contributed by atoms with Crippen LogP contribution in [0.5, 0.6) is 0 Å². The van der Waals surface area contributed by atoms with Crippen molar-refractivity contribution in [3.63, 3.8) is 0 Å². The number of hydrogen-bond donors (Lipinski definition) is 1. The largest absolute Gasteiger partial charge is 0.443 e. The van der Waals surface area contributed by atoms with E-state index in [1.54, 1.807) is 0 Å². The van der Waals surface area contributed by atoms with Crippen LogP contribution >= 0.6 is 0 Å². The van der Waals surface area contributed by atoms with Gasteiger partial charge in [-0.2, -0.15) is 0 Å². The van der Waals surface area contributed by atoms with Crippen molar-refractivity contribution in [3.8, 4) is 0 Å². The second-order valence-corrected chi connectivity index (χ2v) is 4.73. The van der Waals surface area contributed by atoms with E-state index >= 15 is 0 Å². The molecule has 0 fully saturated rings. The quantitative estimate of drug-likeness (QED) is 0.878. The van der Waals surface area contributed by atoms with Gasteiger partial charge in [-0.25, -0.2) is 4.79 Å². The molecule has 0 aliphatic rings. The summed E-state index contributed by atoms with van der Waals surface area (Å²) in [6.45, 7) is 3.98. The summed E-state index contributed by atoms with van der Waals surface area (Å²) < 4.78 is 4.87. The molecule has 103 valence electrons. The number of nitrogens with two attached hydrogens (primary N) is 1. The predicted octanol–water partition coefficient (Wildman–Crippen LogP) is 1.83. The second kappa shape index (κ2) is 7.53. The number of carbonyl (C=O) groups excluding carboxylic acids is 2. The molecule has 1 radical (unpaired) electrons. The first-order chi connectivity index (χ1) is 8.99. The van der Waals surface area contributed by atoms with Gasteiger partial charge >= 0.3 is 6.09 Å². The van der Waals surface area contributed by atoms with Crippen LogP contribution in [0.1, 0.15) is 25.8 Å². The lowest BCUT2D eigenvalue weighted by molar-refractivity contribution is -0.122. The summed E-state index contributed by atoms with van der Waals surface area (Å²) in [5, 5.41) is 3.32. The van der Waals surface area contributed by atoms with Crippen LogP contribution in [-0.2, 0) is 16.1 Å². The highest BCUT2D eigenvalue weighted by atomic mass is 16.5. The normalized spacial score (nSPS) is 12.0. The molecule has 1 aromatic carbocycles. The fourth-order valence-corrected chi connectivity index (χ4v) is 1.53. The number of benzene rings is 1. The van der Waals surface area contributed by atoms with E-state index in [2.05, 4.69) is 5.32 Å². The van der Waals surface area contributed by atoms with Crippen LogP contribution in [0.15, 0.2) is 30.3 Å². The molecule has 1 atom stereocenters. The Morgan fingerprint density at radius 3 is 2.47 bits per heavy atom. The van der Waals surface area contributed by atoms with E-state index in [1.807, 2.05) is 44.2 Å². The summed E-state index contributed by atoms with van der Waals surface area (Å²) in [7, 11) is 0. The predicted molar refractivity (Wildman–Crippen MR) is 71.2 cm³/mol. The fourth-order valence-electron chi connectivity index (χ4n) is 1.53. The van der Waals surface area contributed by atoms with Gasteiger partial charge in [-0.1, -0.05) is 44.2 Å². The maximum atomic E-state index is 11.5. The number of carbonyl (C=O) groups is 2. The Balaban J connectivity index is 2.33. The van der Waals surface area contributed by atoms with Gasteiger partial charge in [0, 0.05) is 0 Å². The van der Waals surface area contributed by atoms with Crippen LogP contribution in [-0.4, -0.2) is 18.0 Å². The molecule has 19 heavy (non-hydrogen) atoms. The molecule has 0 saturated carbocycles. The van der Waals surface area contributed by atoms with E-state index in [1.165, 1.54) is 0 Å². The Labute approximate surface area is 113 Å². The number of hydrogen-bond acceptors (Lipinski definition) is 4. The summed E-state index contributed by atoms with van der Waals surface area (Å²) in [4.78, 5) is 22.9. The first kappa shape index (κ1) is 15.2. The Morgan fingerprint density at radius 2 is 1.89 bits per heavy atom. The molecule has 0 saturated heterocycles. The first-order valence-electron chi connectivity index (χ1n) is 6.21. The van der Waals surface area contributed by atoms with Crippen molar-refractivity contribution in [3.05, 3.63) is 35.9 Å². The summed E-state index contributed by atoms with van der Waals surface area (Å²) in [6, 6.07) is 8.43. The maximum absolute atomic E-state index is 11.5. The Hall–Kier alpha value is -1.88. The average molecular weight is 263 g/mol. The third kappa shape index (κ3) is 6.01. The van der Waals surface area contributed by atoms with E-state index in [0.29, 0.717) is 6.42 Å². The van der Waals surface area contributed by atoms with E-state index in [9.17, 15) is 9.59 Å². The molecule has 1 aromatic rings. The van der Waals surface area contributed by atoms with Crippen LogP contribution in [0.4, 0.5) is 4.79 Å². The van der Waals surface area contributed by atoms with E-state index in [4.69, 9.17) is 10.5 Å². The van der Waals surface area contributed by atoms with Gasteiger partial charge in [-0.3, -0.25) is 4.79 Å². The van der Waals surface area contributed by atoms with Gasteiger partial charge in [-0.05, 0) is 17.9 Å². The number of ether oxygens (including phenoxy) is 1. The summed E-state index contributed by atoms with van der Waals surface area (Å²) in [6.07, 6.45) is -0.401. The molecule has 0 unspecified atom stereocenters. The summed E-state index contributed by atoms with van der Waals surface area (Å²) in [5.74, 6) is -0.360. The lowest BCUT2D eigenvalue weighted by Crippen LogP contribution is -2.40. The van der Waals surface area contributed by atoms with Gasteiger partial charge in [0.15, 0.2) is 0 Å². The molecule has 0 spiro atoms. The number of amides is 2. The topological polar surface area (TPSA) is 83.5 Å². The molecular weight excluding hydrogens is 244 g/mol. The highest BCUT2D eigenvalue weighted by Crippen LogP contribution is 2.04. The third-order valence-corrected chi connectivity index (χ3v) is 2.45. The average Bonchev–Trinajstić information content (AvgIpc) is 2.36. The monoisotopic (exact) mass is 263 g/mol. The van der Waals surface area contributed by atoms with Crippen LogP contribution in [0.25, 0.3) is 0 Å². The number of rotatable bonds is 5. The molecule has 0 aliphatic heterocycles. The van der Waals surface area contributed by atoms with Crippen molar-refractivity contribution in [1.82, 2.24) is 5.32 Å². The van der Waals surface area contributed by atoms with Crippen LogP contribution in [0.2, 0.25) is 0 Å². The van der Waals surface area contributed by atoms with Gasteiger partial charge in [0.2, 0.25) is 0 Å². The Morgan fingerprint density at radius 1 is 1.26 bits per heavy atom. The number of imide groups is 1. The molecule has 2 N–H and O–H groups in total. The summed E-state index contributed by atoms with van der Waals surface area (Å²) >= 11 is 0. The zero-order valence-corrected chi connectivity index (χ0v) is 11.2. The Bertz CT molecular complexity index is 418. The zero-order valence-electron chi connectivity index (χ0n) is 11.2. The van der Waals surface area contributed by atoms with Crippen molar-refractivity contribution >= 4 is 12.0 Å². The van der Waals surface area contributed by atoms with Crippen molar-refractivity contribution in [2.45, 2.75) is 32.9 Å². The molecular formula is C14H19N2O3. The molecule has 2 amide bonds. The zero-order chi connectivity index (χ0) is 14.3. The van der Waals surface area contributed by atoms with Crippen molar-refractivity contribution < 1.29 is 14.3 Å². The minimum absolute atomic E-state index is 0.0931. The van der Waals surface area contributed by atoms with Crippen molar-refractivity contribution in [1.29, 1.82) is 0 Å². The van der Waals surface area contributed by atoms with E-state index in [0.717, 1.165) is 5.56 Å². The number of nitrogens with zero attached hydrogens (tertiary/aromatic N) is 1. The minimum Gasteiger partial charge on any atom is -0.443 e. The molecule has 5 nitrogen and oxygen atoms in total. The second-order valence-electron chi connectivity index (χ2n) is 4.73. The van der Waals surface area contributed by atoms with Gasteiger partial charge in [0.05, 0.1) is 6.04 Å². The maximum Gasteiger partial charge on any atom is 0.437 e. The van der Waals surface area contributed by atoms with Crippen LogP contribution in [0.3, 0.4) is 0 Å².